The number of ether oxygens (including phenoxy) is 2. The van der Waals surface area contributed by atoms with Gasteiger partial charge in [0.1, 0.15) is 0 Å². The van der Waals surface area contributed by atoms with Gasteiger partial charge in [-0.15, -0.1) is 24.0 Å². The monoisotopic (exact) mass is 492 g/mol. The third kappa shape index (κ3) is 9.69. The molecule has 8 heteroatoms. The topological polar surface area (TPSA) is 84.0 Å². The van der Waals surface area contributed by atoms with E-state index in [2.05, 4.69) is 20.9 Å². The molecule has 1 aromatic rings. The van der Waals surface area contributed by atoms with E-state index in [1.54, 1.807) is 7.11 Å². The standard InChI is InChI=1S/C19H32N4O3.HI/c1-6-14(4)22-18(24)11-12-21-19(20-7-2)23-15-9-10-16(26-8-3)17(13-15)25-5;/h9-10,13-14H,6-8,11-12H2,1-5H3,(H,22,24)(H2,20,21,23);1H. The number of nitrogens with one attached hydrogen (secondary N) is 3. The maximum absolute atomic E-state index is 11.8. The molecule has 7 nitrogen and oxygen atoms in total. The second-order valence-corrected chi connectivity index (χ2v) is 5.81. The molecule has 1 unspecified atom stereocenters. The van der Waals surface area contributed by atoms with Crippen LogP contribution in [0.1, 0.15) is 40.5 Å². The number of carbonyl (C=O) groups excluding carboxylic acids is 1. The minimum atomic E-state index is 0. The summed E-state index contributed by atoms with van der Waals surface area (Å²) in [6.45, 7) is 9.66. The highest BCUT2D eigenvalue weighted by Gasteiger charge is 2.08. The first-order chi connectivity index (χ1) is 12.5. The Morgan fingerprint density at radius 1 is 1.22 bits per heavy atom. The molecule has 3 N–H and O–H groups in total. The van der Waals surface area contributed by atoms with Crippen molar-refractivity contribution >= 4 is 41.5 Å². The van der Waals surface area contributed by atoms with Crippen LogP contribution < -0.4 is 25.4 Å². The van der Waals surface area contributed by atoms with Crippen molar-refractivity contribution in [3.63, 3.8) is 0 Å². The van der Waals surface area contributed by atoms with Gasteiger partial charge in [0.05, 0.1) is 20.3 Å². The summed E-state index contributed by atoms with van der Waals surface area (Å²) in [6.07, 6.45) is 1.27. The first-order valence-electron chi connectivity index (χ1n) is 9.19. The smallest absolute Gasteiger partial charge is 0.222 e. The summed E-state index contributed by atoms with van der Waals surface area (Å²) >= 11 is 0. The fourth-order valence-electron chi connectivity index (χ4n) is 2.18. The molecule has 0 heterocycles. The minimum Gasteiger partial charge on any atom is -0.493 e. The third-order valence-electron chi connectivity index (χ3n) is 3.70. The van der Waals surface area contributed by atoms with Gasteiger partial charge < -0.3 is 25.4 Å². The largest absolute Gasteiger partial charge is 0.493 e. The first-order valence-corrected chi connectivity index (χ1v) is 9.19. The van der Waals surface area contributed by atoms with Crippen LogP contribution in [0.4, 0.5) is 5.69 Å². The van der Waals surface area contributed by atoms with E-state index in [0.29, 0.717) is 37.0 Å². The van der Waals surface area contributed by atoms with Crippen LogP contribution in [0.2, 0.25) is 0 Å². The van der Waals surface area contributed by atoms with Crippen molar-refractivity contribution in [2.24, 2.45) is 4.99 Å². The summed E-state index contributed by atoms with van der Waals surface area (Å²) in [7, 11) is 1.61. The Morgan fingerprint density at radius 2 is 1.96 bits per heavy atom. The summed E-state index contributed by atoms with van der Waals surface area (Å²) in [5.74, 6) is 1.99. The molecule has 0 radical (unpaired) electrons. The van der Waals surface area contributed by atoms with Gasteiger partial charge in [-0.3, -0.25) is 9.79 Å². The minimum absolute atomic E-state index is 0. The van der Waals surface area contributed by atoms with Gasteiger partial charge in [0.2, 0.25) is 5.91 Å². The van der Waals surface area contributed by atoms with Crippen LogP contribution in [0, 0.1) is 0 Å². The van der Waals surface area contributed by atoms with E-state index in [1.165, 1.54) is 0 Å². The zero-order chi connectivity index (χ0) is 19.4. The van der Waals surface area contributed by atoms with Crippen LogP contribution in [0.5, 0.6) is 11.5 Å². The van der Waals surface area contributed by atoms with Crippen LogP contribution in [-0.4, -0.2) is 44.7 Å². The van der Waals surface area contributed by atoms with Crippen molar-refractivity contribution in [1.82, 2.24) is 10.6 Å². The van der Waals surface area contributed by atoms with E-state index < -0.39 is 0 Å². The zero-order valence-electron chi connectivity index (χ0n) is 16.9. The molecule has 1 atom stereocenters. The molecule has 154 valence electrons. The number of amides is 1. The Morgan fingerprint density at radius 3 is 2.56 bits per heavy atom. The van der Waals surface area contributed by atoms with Crippen LogP contribution in [0.3, 0.4) is 0 Å². The Bertz CT molecular complexity index is 596. The van der Waals surface area contributed by atoms with Crippen LogP contribution in [-0.2, 0) is 4.79 Å². The first kappa shape index (κ1) is 25.3. The van der Waals surface area contributed by atoms with Gasteiger partial charge in [-0.05, 0) is 39.3 Å². The molecule has 1 aromatic carbocycles. The van der Waals surface area contributed by atoms with Gasteiger partial charge in [-0.1, -0.05) is 6.92 Å². The quantitative estimate of drug-likeness (QED) is 0.265. The van der Waals surface area contributed by atoms with Crippen molar-refractivity contribution in [2.45, 2.75) is 46.6 Å². The number of aliphatic imine (C=N–C) groups is 1. The Labute approximate surface area is 179 Å². The zero-order valence-corrected chi connectivity index (χ0v) is 19.3. The molecule has 0 saturated carbocycles. The van der Waals surface area contributed by atoms with E-state index in [-0.39, 0.29) is 35.9 Å². The number of methoxy groups -OCH3 is 1. The van der Waals surface area contributed by atoms with Crippen molar-refractivity contribution in [1.29, 1.82) is 0 Å². The second-order valence-electron chi connectivity index (χ2n) is 5.81. The van der Waals surface area contributed by atoms with E-state index in [1.807, 2.05) is 45.9 Å². The van der Waals surface area contributed by atoms with Gasteiger partial charge in [0, 0.05) is 30.8 Å². The summed E-state index contributed by atoms with van der Waals surface area (Å²) < 4.78 is 10.9. The van der Waals surface area contributed by atoms with Crippen molar-refractivity contribution < 1.29 is 14.3 Å². The summed E-state index contributed by atoms with van der Waals surface area (Å²) in [5.41, 5.74) is 0.828. The van der Waals surface area contributed by atoms with Gasteiger partial charge >= 0.3 is 0 Å². The maximum atomic E-state index is 11.8. The molecule has 0 aromatic heterocycles. The molecule has 1 rings (SSSR count). The maximum Gasteiger partial charge on any atom is 0.222 e. The molecule has 0 fully saturated rings. The third-order valence-corrected chi connectivity index (χ3v) is 3.70. The number of guanidine groups is 1. The van der Waals surface area contributed by atoms with Crippen molar-refractivity contribution in [3.8, 4) is 11.5 Å². The lowest BCUT2D eigenvalue weighted by Crippen LogP contribution is -2.33. The van der Waals surface area contributed by atoms with Crippen molar-refractivity contribution in [3.05, 3.63) is 18.2 Å². The summed E-state index contributed by atoms with van der Waals surface area (Å²) in [6, 6.07) is 5.80. The number of rotatable bonds is 10. The molecule has 0 bridgehead atoms. The second kappa shape index (κ2) is 14.4. The number of hydrogen-bond donors (Lipinski definition) is 3. The highest BCUT2D eigenvalue weighted by atomic mass is 127. The van der Waals surface area contributed by atoms with Gasteiger partial charge in [-0.2, -0.15) is 0 Å². The van der Waals surface area contributed by atoms with Gasteiger partial charge in [0.15, 0.2) is 17.5 Å². The fourth-order valence-corrected chi connectivity index (χ4v) is 2.18. The van der Waals surface area contributed by atoms with Crippen LogP contribution in [0.15, 0.2) is 23.2 Å². The van der Waals surface area contributed by atoms with E-state index in [4.69, 9.17) is 9.47 Å². The van der Waals surface area contributed by atoms with E-state index in [9.17, 15) is 4.79 Å². The molecule has 27 heavy (non-hydrogen) atoms. The lowest BCUT2D eigenvalue weighted by Gasteiger charge is -2.14. The Kier molecular flexibility index (Phi) is 13.5. The number of anilines is 1. The molecule has 0 saturated heterocycles. The molecule has 0 spiro atoms. The molecule has 0 aliphatic rings. The Balaban J connectivity index is 0.00000676. The molecule has 0 aliphatic heterocycles. The van der Waals surface area contributed by atoms with Crippen molar-refractivity contribution in [2.75, 3.05) is 32.1 Å². The fraction of sp³-hybridized carbons (Fsp3) is 0.579. The average Bonchev–Trinajstić information content (AvgIpc) is 2.63. The number of benzene rings is 1. The predicted molar refractivity (Wildman–Crippen MR) is 122 cm³/mol. The number of nitrogens with zero attached hydrogens (tertiary/aromatic N) is 1. The van der Waals surface area contributed by atoms with Crippen LogP contribution in [0.25, 0.3) is 0 Å². The van der Waals surface area contributed by atoms with E-state index >= 15 is 0 Å². The number of carbonyl (C=O) groups is 1. The van der Waals surface area contributed by atoms with Gasteiger partial charge in [-0.25, -0.2) is 0 Å². The number of halogens is 1. The average molecular weight is 492 g/mol. The molecule has 1 amide bonds. The summed E-state index contributed by atoms with van der Waals surface area (Å²) in [4.78, 5) is 16.3. The van der Waals surface area contributed by atoms with Gasteiger partial charge in [0.25, 0.3) is 0 Å². The normalized spacial score (nSPS) is 11.8. The Hall–Kier alpha value is -1.71. The highest BCUT2D eigenvalue weighted by Crippen LogP contribution is 2.30. The van der Waals surface area contributed by atoms with E-state index in [0.717, 1.165) is 18.7 Å². The molecular formula is C19H33IN4O3. The highest BCUT2D eigenvalue weighted by molar-refractivity contribution is 14.0. The lowest BCUT2D eigenvalue weighted by molar-refractivity contribution is -0.121. The predicted octanol–water partition coefficient (Wildman–Crippen LogP) is 3.39. The number of hydrogen-bond acceptors (Lipinski definition) is 4. The SMILES string of the molecule is CCNC(=NCCC(=O)NC(C)CC)Nc1ccc(OCC)c(OC)c1.I. The summed E-state index contributed by atoms with van der Waals surface area (Å²) in [5, 5.41) is 9.33. The molecular weight excluding hydrogens is 459 g/mol. The molecule has 0 aliphatic carbocycles. The lowest BCUT2D eigenvalue weighted by atomic mass is 10.2. The van der Waals surface area contributed by atoms with Crippen LogP contribution >= 0.6 is 24.0 Å².